The van der Waals surface area contributed by atoms with Crippen LogP contribution < -0.4 is 5.73 Å². The molecule has 1 rings (SSSR count). The highest BCUT2D eigenvalue weighted by molar-refractivity contribution is 4.93. The minimum atomic E-state index is -0.358. The minimum absolute atomic E-state index is 0.103. The van der Waals surface area contributed by atoms with Crippen molar-refractivity contribution in [3.63, 3.8) is 0 Å². The molecule has 0 aromatic rings. The molecule has 0 aromatic heterocycles. The van der Waals surface area contributed by atoms with Gasteiger partial charge in [0.2, 0.25) is 0 Å². The van der Waals surface area contributed by atoms with Gasteiger partial charge in [-0.15, -0.1) is 0 Å². The Kier molecular flexibility index (Phi) is 5.69. The molecule has 96 valence electrons. The van der Waals surface area contributed by atoms with Gasteiger partial charge in [-0.25, -0.2) is 0 Å². The van der Waals surface area contributed by atoms with Crippen LogP contribution in [0.1, 0.15) is 32.6 Å². The maximum Gasteiger partial charge on any atom is 0.0611 e. The second-order valence-electron chi connectivity index (χ2n) is 4.89. The minimum Gasteiger partial charge on any atom is -0.394 e. The molecule has 0 saturated heterocycles. The van der Waals surface area contributed by atoms with E-state index in [4.69, 9.17) is 10.5 Å². The smallest absolute Gasteiger partial charge is 0.0611 e. The number of rotatable bonds is 6. The van der Waals surface area contributed by atoms with Crippen LogP contribution in [0.4, 0.5) is 0 Å². The molecule has 1 aliphatic rings. The molecule has 0 aromatic carbocycles. The number of hydrogen-bond donors (Lipinski definition) is 2. The van der Waals surface area contributed by atoms with Gasteiger partial charge < -0.3 is 15.6 Å². The van der Waals surface area contributed by atoms with Crippen LogP contribution in [0.5, 0.6) is 0 Å². The van der Waals surface area contributed by atoms with Crippen molar-refractivity contribution in [2.24, 2.45) is 5.73 Å². The number of nitrogens with zero attached hydrogens (tertiary/aromatic N) is 1. The Hall–Kier alpha value is -0.160. The third-order valence-corrected chi connectivity index (χ3v) is 3.67. The van der Waals surface area contributed by atoms with E-state index in [0.717, 1.165) is 39.0 Å². The summed E-state index contributed by atoms with van der Waals surface area (Å²) in [6.07, 6.45) is 4.16. The van der Waals surface area contributed by atoms with Gasteiger partial charge in [-0.3, -0.25) is 4.90 Å². The summed E-state index contributed by atoms with van der Waals surface area (Å²) in [6, 6.07) is 0.506. The largest absolute Gasteiger partial charge is 0.394 e. The molecule has 1 aliphatic carbocycles. The summed E-state index contributed by atoms with van der Waals surface area (Å²) in [5, 5.41) is 9.33. The number of nitrogens with two attached hydrogens (primary N) is 1. The standard InChI is InChI=1S/C12H26N2O2/c1-3-14(7-8-16-2)11-5-4-6-12(13,9-11)10-15/h11,15H,3-10,13H2,1-2H3. The van der Waals surface area contributed by atoms with Crippen molar-refractivity contribution >= 4 is 0 Å². The molecule has 0 radical (unpaired) electrons. The van der Waals surface area contributed by atoms with E-state index in [1.54, 1.807) is 7.11 Å². The maximum absolute atomic E-state index is 9.33. The van der Waals surface area contributed by atoms with E-state index in [-0.39, 0.29) is 12.1 Å². The second-order valence-corrected chi connectivity index (χ2v) is 4.89. The quantitative estimate of drug-likeness (QED) is 0.701. The van der Waals surface area contributed by atoms with E-state index >= 15 is 0 Å². The average Bonchev–Trinajstić information content (AvgIpc) is 2.30. The van der Waals surface area contributed by atoms with Gasteiger partial charge in [-0.2, -0.15) is 0 Å². The summed E-state index contributed by atoms with van der Waals surface area (Å²) in [6.45, 7) is 5.02. The van der Waals surface area contributed by atoms with E-state index in [9.17, 15) is 5.11 Å². The van der Waals surface area contributed by atoms with Crippen molar-refractivity contribution in [2.75, 3.05) is 33.4 Å². The van der Waals surface area contributed by atoms with Crippen molar-refractivity contribution < 1.29 is 9.84 Å². The maximum atomic E-state index is 9.33. The molecule has 3 N–H and O–H groups in total. The lowest BCUT2D eigenvalue weighted by Crippen LogP contribution is -2.53. The van der Waals surface area contributed by atoms with Gasteiger partial charge in [0.1, 0.15) is 0 Å². The van der Waals surface area contributed by atoms with E-state index < -0.39 is 0 Å². The van der Waals surface area contributed by atoms with Gasteiger partial charge in [-0.1, -0.05) is 6.92 Å². The molecule has 0 bridgehead atoms. The van der Waals surface area contributed by atoms with Crippen LogP contribution in [0.3, 0.4) is 0 Å². The number of hydrogen-bond acceptors (Lipinski definition) is 4. The SMILES string of the molecule is CCN(CCOC)C1CCCC(N)(CO)C1. The summed E-state index contributed by atoms with van der Waals surface area (Å²) in [5.74, 6) is 0. The van der Waals surface area contributed by atoms with Gasteiger partial charge in [-0.05, 0) is 32.2 Å². The fourth-order valence-corrected chi connectivity index (χ4v) is 2.63. The Morgan fingerprint density at radius 3 is 2.88 bits per heavy atom. The molecule has 1 saturated carbocycles. The number of ether oxygens (including phenoxy) is 1. The first kappa shape index (κ1) is 13.9. The van der Waals surface area contributed by atoms with E-state index in [1.165, 1.54) is 6.42 Å². The van der Waals surface area contributed by atoms with Crippen LogP contribution in [0.2, 0.25) is 0 Å². The van der Waals surface area contributed by atoms with E-state index in [2.05, 4.69) is 11.8 Å². The van der Waals surface area contributed by atoms with Crippen LogP contribution >= 0.6 is 0 Å². The van der Waals surface area contributed by atoms with Crippen molar-refractivity contribution in [3.8, 4) is 0 Å². The third-order valence-electron chi connectivity index (χ3n) is 3.67. The highest BCUT2D eigenvalue weighted by atomic mass is 16.5. The molecule has 1 fully saturated rings. The molecule has 0 aliphatic heterocycles. The average molecular weight is 230 g/mol. The first-order valence-corrected chi connectivity index (χ1v) is 6.28. The summed E-state index contributed by atoms with van der Waals surface area (Å²) in [5.41, 5.74) is 5.80. The topological polar surface area (TPSA) is 58.7 Å². The molecule has 0 heterocycles. The Bertz CT molecular complexity index is 201. The Balaban J connectivity index is 2.50. The van der Waals surface area contributed by atoms with Crippen LogP contribution in [0.25, 0.3) is 0 Å². The van der Waals surface area contributed by atoms with Crippen LogP contribution in [-0.4, -0.2) is 55.0 Å². The molecule has 0 spiro atoms. The predicted octanol–water partition coefficient (Wildman–Crippen LogP) is 0.587. The van der Waals surface area contributed by atoms with Crippen molar-refractivity contribution in [1.82, 2.24) is 4.90 Å². The van der Waals surface area contributed by atoms with Gasteiger partial charge in [0.05, 0.1) is 13.2 Å². The Morgan fingerprint density at radius 1 is 1.56 bits per heavy atom. The first-order valence-electron chi connectivity index (χ1n) is 6.28. The lowest BCUT2D eigenvalue weighted by Gasteiger charge is -2.41. The highest BCUT2D eigenvalue weighted by Crippen LogP contribution is 2.29. The third kappa shape index (κ3) is 3.70. The normalized spacial score (nSPS) is 30.9. The van der Waals surface area contributed by atoms with Crippen LogP contribution in [0.15, 0.2) is 0 Å². The number of methoxy groups -OCH3 is 1. The zero-order valence-electron chi connectivity index (χ0n) is 10.6. The summed E-state index contributed by atoms with van der Waals surface area (Å²) < 4.78 is 5.12. The lowest BCUT2D eigenvalue weighted by atomic mass is 9.79. The number of likely N-dealkylation sites (N-methyl/N-ethyl adjacent to an activating group) is 1. The van der Waals surface area contributed by atoms with Gasteiger partial charge in [0.25, 0.3) is 0 Å². The molecule has 16 heavy (non-hydrogen) atoms. The highest BCUT2D eigenvalue weighted by Gasteiger charge is 2.34. The van der Waals surface area contributed by atoms with Crippen molar-refractivity contribution in [1.29, 1.82) is 0 Å². The fourth-order valence-electron chi connectivity index (χ4n) is 2.63. The molecule has 2 unspecified atom stereocenters. The zero-order valence-corrected chi connectivity index (χ0v) is 10.6. The van der Waals surface area contributed by atoms with Crippen LogP contribution in [-0.2, 0) is 4.74 Å². The summed E-state index contributed by atoms with van der Waals surface area (Å²) in [4.78, 5) is 2.42. The van der Waals surface area contributed by atoms with Gasteiger partial charge in [0, 0.05) is 25.2 Å². The molecular formula is C12H26N2O2. The molecule has 0 amide bonds. The van der Waals surface area contributed by atoms with E-state index in [1.807, 2.05) is 0 Å². The van der Waals surface area contributed by atoms with Crippen molar-refractivity contribution in [2.45, 2.75) is 44.2 Å². The summed E-state index contributed by atoms with van der Waals surface area (Å²) in [7, 11) is 1.73. The zero-order chi connectivity index (χ0) is 12.0. The molecule has 4 heteroatoms. The Morgan fingerprint density at radius 2 is 2.31 bits per heavy atom. The number of aliphatic hydroxyl groups is 1. The van der Waals surface area contributed by atoms with Crippen molar-refractivity contribution in [3.05, 3.63) is 0 Å². The predicted molar refractivity (Wildman–Crippen MR) is 65.4 cm³/mol. The fraction of sp³-hybridized carbons (Fsp3) is 1.00. The monoisotopic (exact) mass is 230 g/mol. The molecular weight excluding hydrogens is 204 g/mol. The molecule has 2 atom stereocenters. The Labute approximate surface area is 98.8 Å². The lowest BCUT2D eigenvalue weighted by molar-refractivity contribution is 0.0651. The molecule has 4 nitrogen and oxygen atoms in total. The number of aliphatic hydroxyl groups excluding tert-OH is 1. The summed E-state index contributed by atoms with van der Waals surface area (Å²) >= 11 is 0. The first-order chi connectivity index (χ1) is 7.65. The second kappa shape index (κ2) is 6.55. The van der Waals surface area contributed by atoms with Gasteiger partial charge >= 0.3 is 0 Å². The van der Waals surface area contributed by atoms with E-state index in [0.29, 0.717) is 6.04 Å². The van der Waals surface area contributed by atoms with Gasteiger partial charge in [0.15, 0.2) is 0 Å². The van der Waals surface area contributed by atoms with Crippen LogP contribution in [0, 0.1) is 0 Å².